The van der Waals surface area contributed by atoms with Gasteiger partial charge in [0.25, 0.3) is 0 Å². The Kier molecular flexibility index (Phi) is 4.42. The first-order chi connectivity index (χ1) is 11.1. The largest absolute Gasteiger partial charge is 0.491 e. The van der Waals surface area contributed by atoms with E-state index in [1.165, 1.54) is 5.56 Å². The maximum Gasteiger partial charge on any atom is 0.137 e. The number of aromatic nitrogens is 2. The summed E-state index contributed by atoms with van der Waals surface area (Å²) in [6, 6.07) is 14.3. The Labute approximate surface area is 136 Å². The van der Waals surface area contributed by atoms with Crippen LogP contribution in [0, 0.1) is 6.92 Å². The van der Waals surface area contributed by atoms with Gasteiger partial charge in [-0.05, 0) is 39.0 Å². The number of aryl methyl sites for hydroxylation is 1. The molecule has 0 atom stereocenters. The van der Waals surface area contributed by atoms with Crippen LogP contribution in [0.25, 0.3) is 10.9 Å². The van der Waals surface area contributed by atoms with Gasteiger partial charge in [-0.3, -0.25) is 0 Å². The number of nitrogens with zero attached hydrogens (tertiary/aromatic N) is 2. The summed E-state index contributed by atoms with van der Waals surface area (Å²) in [5.41, 5.74) is 3.25. The van der Waals surface area contributed by atoms with E-state index in [0.717, 1.165) is 28.0 Å². The monoisotopic (exact) mass is 307 g/mol. The van der Waals surface area contributed by atoms with E-state index in [4.69, 9.17) is 4.74 Å². The van der Waals surface area contributed by atoms with Crippen LogP contribution < -0.4 is 10.1 Å². The van der Waals surface area contributed by atoms with Gasteiger partial charge in [0.1, 0.15) is 17.9 Å². The van der Waals surface area contributed by atoms with Crippen LogP contribution in [0.3, 0.4) is 0 Å². The van der Waals surface area contributed by atoms with E-state index in [-0.39, 0.29) is 6.10 Å². The van der Waals surface area contributed by atoms with Crippen molar-refractivity contribution in [1.82, 2.24) is 9.97 Å². The number of hydrogen-bond acceptors (Lipinski definition) is 4. The van der Waals surface area contributed by atoms with E-state index in [9.17, 15) is 0 Å². The molecule has 4 heteroatoms. The summed E-state index contributed by atoms with van der Waals surface area (Å²) in [6.45, 7) is 6.79. The van der Waals surface area contributed by atoms with Crippen molar-refractivity contribution >= 4 is 16.7 Å². The minimum atomic E-state index is 0.152. The Morgan fingerprint density at radius 2 is 1.91 bits per heavy atom. The third-order valence-electron chi connectivity index (χ3n) is 3.57. The lowest BCUT2D eigenvalue weighted by molar-refractivity contribution is 0.240. The molecule has 2 aromatic carbocycles. The molecule has 0 amide bonds. The molecule has 3 rings (SSSR count). The molecule has 0 unspecified atom stereocenters. The molecule has 0 fully saturated rings. The molecule has 23 heavy (non-hydrogen) atoms. The molecule has 0 aliphatic rings. The average Bonchev–Trinajstić information content (AvgIpc) is 2.53. The number of benzene rings is 2. The zero-order valence-electron chi connectivity index (χ0n) is 13.7. The topological polar surface area (TPSA) is 47.0 Å². The lowest BCUT2D eigenvalue weighted by Gasteiger charge is -2.15. The zero-order valence-corrected chi connectivity index (χ0v) is 13.7. The second-order valence-corrected chi connectivity index (χ2v) is 5.87. The van der Waals surface area contributed by atoms with Crippen molar-refractivity contribution in [1.29, 1.82) is 0 Å². The van der Waals surface area contributed by atoms with Crippen molar-refractivity contribution in [3.63, 3.8) is 0 Å². The first kappa shape index (κ1) is 15.3. The van der Waals surface area contributed by atoms with Gasteiger partial charge >= 0.3 is 0 Å². The fourth-order valence-electron chi connectivity index (χ4n) is 2.51. The average molecular weight is 307 g/mol. The molecule has 4 nitrogen and oxygen atoms in total. The molecule has 0 bridgehead atoms. The molecule has 118 valence electrons. The van der Waals surface area contributed by atoms with E-state index in [1.54, 1.807) is 6.33 Å². The molecule has 0 saturated heterocycles. The Bertz CT molecular complexity index is 815. The van der Waals surface area contributed by atoms with Gasteiger partial charge in [-0.25, -0.2) is 9.97 Å². The Balaban J connectivity index is 1.86. The van der Waals surface area contributed by atoms with Crippen molar-refractivity contribution in [2.45, 2.75) is 33.4 Å². The lowest BCUT2D eigenvalue weighted by Crippen LogP contribution is -2.09. The fourth-order valence-corrected chi connectivity index (χ4v) is 2.51. The zero-order chi connectivity index (χ0) is 16.2. The van der Waals surface area contributed by atoms with Crippen molar-refractivity contribution in [3.05, 3.63) is 59.9 Å². The van der Waals surface area contributed by atoms with Crippen molar-refractivity contribution in [2.24, 2.45) is 0 Å². The summed E-state index contributed by atoms with van der Waals surface area (Å²) < 4.78 is 5.87. The second-order valence-electron chi connectivity index (χ2n) is 5.87. The second kappa shape index (κ2) is 6.65. The molecule has 0 aliphatic carbocycles. The van der Waals surface area contributed by atoms with E-state index in [0.29, 0.717) is 6.54 Å². The van der Waals surface area contributed by atoms with Gasteiger partial charge in [0.05, 0.1) is 11.6 Å². The molecule has 1 aromatic heterocycles. The molecule has 3 aromatic rings. The summed E-state index contributed by atoms with van der Waals surface area (Å²) in [4.78, 5) is 8.71. The Hall–Kier alpha value is -2.62. The minimum absolute atomic E-state index is 0.152. The van der Waals surface area contributed by atoms with Crippen LogP contribution >= 0.6 is 0 Å². The number of fused-ring (bicyclic) bond motifs is 1. The predicted molar refractivity (Wildman–Crippen MR) is 93.8 cm³/mol. The summed E-state index contributed by atoms with van der Waals surface area (Å²) in [6.07, 6.45) is 1.75. The van der Waals surface area contributed by atoms with E-state index >= 15 is 0 Å². The van der Waals surface area contributed by atoms with Crippen LogP contribution in [0.5, 0.6) is 5.75 Å². The predicted octanol–water partition coefficient (Wildman–Crippen LogP) is 4.34. The first-order valence-corrected chi connectivity index (χ1v) is 7.83. The van der Waals surface area contributed by atoms with Gasteiger partial charge in [-0.15, -0.1) is 0 Å². The minimum Gasteiger partial charge on any atom is -0.491 e. The van der Waals surface area contributed by atoms with Gasteiger partial charge in [0.2, 0.25) is 0 Å². The number of rotatable bonds is 5. The normalized spacial score (nSPS) is 11.0. The molecular formula is C19H21N3O. The van der Waals surface area contributed by atoms with Gasteiger partial charge < -0.3 is 10.1 Å². The maximum absolute atomic E-state index is 5.87. The summed E-state index contributed by atoms with van der Waals surface area (Å²) in [5, 5.41) is 4.45. The molecule has 0 aliphatic heterocycles. The fraction of sp³-hybridized carbons (Fsp3) is 0.263. The van der Waals surface area contributed by atoms with Gasteiger partial charge in [-0.2, -0.15) is 0 Å². The van der Waals surface area contributed by atoms with Gasteiger partial charge in [0, 0.05) is 17.5 Å². The van der Waals surface area contributed by atoms with E-state index < -0.39 is 0 Å². The summed E-state index contributed by atoms with van der Waals surface area (Å²) >= 11 is 0. The van der Waals surface area contributed by atoms with E-state index in [2.05, 4.69) is 40.4 Å². The Morgan fingerprint density at radius 3 is 2.74 bits per heavy atom. The van der Waals surface area contributed by atoms with Crippen LogP contribution in [0.4, 0.5) is 5.82 Å². The summed E-state index contributed by atoms with van der Waals surface area (Å²) in [5.74, 6) is 1.75. The molecule has 0 radical (unpaired) electrons. The number of anilines is 1. The van der Waals surface area contributed by atoms with Gasteiger partial charge in [0.15, 0.2) is 0 Å². The lowest BCUT2D eigenvalue weighted by atomic mass is 10.1. The van der Waals surface area contributed by atoms with Crippen LogP contribution in [-0.2, 0) is 6.54 Å². The van der Waals surface area contributed by atoms with Crippen LogP contribution in [0.2, 0.25) is 0 Å². The highest BCUT2D eigenvalue weighted by atomic mass is 16.5. The highest BCUT2D eigenvalue weighted by Gasteiger charge is 2.07. The van der Waals surface area contributed by atoms with Crippen LogP contribution in [0.1, 0.15) is 25.0 Å². The molecule has 0 spiro atoms. The Morgan fingerprint density at radius 1 is 1.09 bits per heavy atom. The first-order valence-electron chi connectivity index (χ1n) is 7.83. The quantitative estimate of drug-likeness (QED) is 0.762. The van der Waals surface area contributed by atoms with Crippen LogP contribution in [0.15, 0.2) is 48.8 Å². The number of hydrogen-bond donors (Lipinski definition) is 1. The van der Waals surface area contributed by atoms with E-state index in [1.807, 2.05) is 38.1 Å². The van der Waals surface area contributed by atoms with Crippen molar-refractivity contribution in [2.75, 3.05) is 5.32 Å². The SMILES string of the molecule is Cc1ccc2ncnc(NCc3ccccc3OC(C)C)c2c1. The highest BCUT2D eigenvalue weighted by molar-refractivity contribution is 5.89. The number of para-hydroxylation sites is 1. The van der Waals surface area contributed by atoms with Crippen molar-refractivity contribution < 1.29 is 4.74 Å². The smallest absolute Gasteiger partial charge is 0.137 e. The molecule has 1 N–H and O–H groups in total. The molecular weight excluding hydrogens is 286 g/mol. The maximum atomic E-state index is 5.87. The molecule has 1 heterocycles. The van der Waals surface area contributed by atoms with Gasteiger partial charge in [-0.1, -0.05) is 29.8 Å². The standard InChI is InChI=1S/C19H21N3O/c1-13(2)23-18-7-5-4-6-15(18)11-20-19-16-10-14(3)8-9-17(16)21-12-22-19/h4-10,12-13H,11H2,1-3H3,(H,20,21,22). The number of ether oxygens (including phenoxy) is 1. The highest BCUT2D eigenvalue weighted by Crippen LogP contribution is 2.24. The van der Waals surface area contributed by atoms with Crippen molar-refractivity contribution in [3.8, 4) is 5.75 Å². The summed E-state index contributed by atoms with van der Waals surface area (Å²) in [7, 11) is 0. The van der Waals surface area contributed by atoms with Crippen LogP contribution in [-0.4, -0.2) is 16.1 Å². The molecule has 0 saturated carbocycles. The number of nitrogens with one attached hydrogen (secondary N) is 1. The third-order valence-corrected chi connectivity index (χ3v) is 3.57. The third kappa shape index (κ3) is 3.59.